The number of halogens is 1. The highest BCUT2D eigenvalue weighted by Crippen LogP contribution is 2.38. The monoisotopic (exact) mass is 271 g/mol. The molecule has 1 aromatic heterocycles. The molecule has 0 radical (unpaired) electrons. The van der Waals surface area contributed by atoms with Crippen molar-refractivity contribution in [2.75, 3.05) is 7.04 Å². The van der Waals surface area contributed by atoms with Crippen molar-refractivity contribution in [1.29, 1.82) is 0 Å². The molecule has 0 fully saturated rings. The van der Waals surface area contributed by atoms with E-state index in [2.05, 4.69) is 10.1 Å². The van der Waals surface area contributed by atoms with Gasteiger partial charge in [0.15, 0.2) is 5.82 Å². The van der Waals surface area contributed by atoms with Crippen molar-refractivity contribution in [3.05, 3.63) is 33.6 Å². The average molecular weight is 272 g/mol. The zero-order chi connectivity index (χ0) is 15.8. The average Bonchev–Trinajstić information content (AvgIpc) is 2.75. The van der Waals surface area contributed by atoms with Gasteiger partial charge in [-0.15, -0.1) is 0 Å². The Morgan fingerprint density at radius 2 is 2.39 bits per heavy atom. The number of aryl methyl sites for hydroxylation is 1. The first-order valence-electron chi connectivity index (χ1n) is 6.20. The second-order valence-corrected chi connectivity index (χ2v) is 3.84. The Morgan fingerprint density at radius 1 is 1.61 bits per heavy atom. The Morgan fingerprint density at radius 3 is 2.94 bits per heavy atom. The van der Waals surface area contributed by atoms with Gasteiger partial charge in [-0.1, -0.05) is 11.6 Å². The minimum atomic E-state index is -2.86. The van der Waals surface area contributed by atoms with Gasteiger partial charge in [0.1, 0.15) is 6.33 Å². The number of rotatable bonds is 3. The molecule has 0 saturated carbocycles. The summed E-state index contributed by atoms with van der Waals surface area (Å²) in [6, 6.07) is 2.32. The molecule has 0 saturated heterocycles. The Hall–Kier alpha value is -2.15. The molecule has 0 unspecified atom stereocenters. The normalized spacial score (nSPS) is 13.6. The van der Waals surface area contributed by atoms with Crippen LogP contribution in [0.3, 0.4) is 0 Å². The van der Waals surface area contributed by atoms with E-state index in [9.17, 15) is 10.1 Å². The van der Waals surface area contributed by atoms with E-state index >= 15 is 0 Å². The quantitative estimate of drug-likeness (QED) is 0.630. The largest absolute Gasteiger partial charge is 0.490 e. The highest BCUT2D eigenvalue weighted by Gasteiger charge is 2.23. The van der Waals surface area contributed by atoms with Crippen molar-refractivity contribution in [3.8, 4) is 17.1 Å². The summed E-state index contributed by atoms with van der Waals surface area (Å²) in [7, 11) is -1.26. The van der Waals surface area contributed by atoms with Crippen molar-refractivity contribution < 1.29 is 13.8 Å². The highest BCUT2D eigenvalue weighted by atomic mass is 35.5. The van der Waals surface area contributed by atoms with E-state index in [1.54, 1.807) is 7.05 Å². The van der Waals surface area contributed by atoms with Gasteiger partial charge in [0.2, 0.25) is 5.75 Å². The van der Waals surface area contributed by atoms with Crippen LogP contribution in [0.25, 0.3) is 11.4 Å². The number of methoxy groups -OCH3 is 1. The van der Waals surface area contributed by atoms with Gasteiger partial charge in [-0.25, -0.2) is 4.98 Å². The molecule has 18 heavy (non-hydrogen) atoms. The molecule has 2 aromatic rings. The standard InChI is InChI=1S/C10H9ClN4O3/c1-14-5-12-10(13-14)7-3-6(11)4-8(15(16)17)9(7)18-2/h3-5H,1-2H3/i2D3. The molecule has 0 aliphatic rings. The SMILES string of the molecule is [2H]C([2H])([2H])Oc1c(-c2ncn(C)n2)cc(Cl)cc1[N+](=O)[O-]. The molecule has 94 valence electrons. The van der Waals surface area contributed by atoms with Crippen LogP contribution in [0.5, 0.6) is 5.75 Å². The van der Waals surface area contributed by atoms with E-state index in [-0.39, 0.29) is 16.4 Å². The highest BCUT2D eigenvalue weighted by molar-refractivity contribution is 6.31. The molecule has 8 heteroatoms. The van der Waals surface area contributed by atoms with Crippen molar-refractivity contribution in [3.63, 3.8) is 0 Å². The van der Waals surface area contributed by atoms with Crippen molar-refractivity contribution in [2.45, 2.75) is 0 Å². The molecular formula is C10H9ClN4O3. The van der Waals surface area contributed by atoms with Crippen molar-refractivity contribution in [1.82, 2.24) is 14.8 Å². The van der Waals surface area contributed by atoms with E-state index in [1.165, 1.54) is 17.1 Å². The zero-order valence-electron chi connectivity index (χ0n) is 12.1. The molecule has 1 heterocycles. The molecule has 0 N–H and O–H groups in total. The molecule has 0 amide bonds. The maximum atomic E-state index is 11.1. The number of hydrogen-bond acceptors (Lipinski definition) is 5. The molecular weight excluding hydrogens is 260 g/mol. The zero-order valence-corrected chi connectivity index (χ0v) is 9.88. The summed E-state index contributed by atoms with van der Waals surface area (Å²) in [5.74, 6) is -0.377. The van der Waals surface area contributed by atoms with Crippen LogP contribution < -0.4 is 4.74 Å². The first-order valence-corrected chi connectivity index (χ1v) is 5.08. The first-order chi connectivity index (χ1) is 9.67. The predicted octanol–water partition coefficient (Wildman–Crippen LogP) is 2.05. The Labute approximate surface area is 111 Å². The maximum Gasteiger partial charge on any atom is 0.313 e. The third kappa shape index (κ3) is 2.12. The molecule has 0 bridgehead atoms. The van der Waals surface area contributed by atoms with E-state index < -0.39 is 23.4 Å². The molecule has 7 nitrogen and oxygen atoms in total. The summed E-state index contributed by atoms with van der Waals surface area (Å²) < 4.78 is 27.5. The van der Waals surface area contributed by atoms with Crippen LogP contribution in [0.15, 0.2) is 18.5 Å². The number of nitro groups is 1. The smallest absolute Gasteiger partial charge is 0.313 e. The van der Waals surface area contributed by atoms with E-state index in [0.717, 1.165) is 6.07 Å². The molecule has 0 aliphatic carbocycles. The van der Waals surface area contributed by atoms with Crippen LogP contribution in [0.1, 0.15) is 4.11 Å². The second kappa shape index (κ2) is 4.61. The van der Waals surface area contributed by atoms with Gasteiger partial charge in [-0.2, -0.15) is 5.10 Å². The third-order valence-corrected chi connectivity index (χ3v) is 2.39. The maximum absolute atomic E-state index is 11.1. The fourth-order valence-corrected chi connectivity index (χ4v) is 1.66. The number of nitrogens with zero attached hydrogens (tertiary/aromatic N) is 4. The number of aromatic nitrogens is 3. The van der Waals surface area contributed by atoms with Crippen molar-refractivity contribution in [2.24, 2.45) is 7.05 Å². The minimum absolute atomic E-state index is 0.0333. The number of ether oxygens (including phenoxy) is 1. The van der Waals surface area contributed by atoms with Crippen LogP contribution in [0, 0.1) is 10.1 Å². The lowest BCUT2D eigenvalue weighted by Crippen LogP contribution is -1.97. The molecule has 0 spiro atoms. The van der Waals surface area contributed by atoms with Gasteiger partial charge in [0.25, 0.3) is 0 Å². The summed E-state index contributed by atoms with van der Waals surface area (Å²) in [6.07, 6.45) is 1.36. The van der Waals surface area contributed by atoms with Crippen LogP contribution in [0.2, 0.25) is 5.02 Å². The lowest BCUT2D eigenvalue weighted by molar-refractivity contribution is -0.385. The van der Waals surface area contributed by atoms with Gasteiger partial charge >= 0.3 is 5.69 Å². The fourth-order valence-electron chi connectivity index (χ4n) is 1.45. The van der Waals surface area contributed by atoms with E-state index in [4.69, 9.17) is 20.5 Å². The molecule has 0 atom stereocenters. The van der Waals surface area contributed by atoms with Crippen LogP contribution in [-0.2, 0) is 7.05 Å². The van der Waals surface area contributed by atoms with E-state index in [1.807, 2.05) is 0 Å². The third-order valence-electron chi connectivity index (χ3n) is 2.17. The lowest BCUT2D eigenvalue weighted by atomic mass is 10.1. The van der Waals surface area contributed by atoms with Gasteiger partial charge in [0.05, 0.1) is 21.6 Å². The minimum Gasteiger partial charge on any atom is -0.490 e. The van der Waals surface area contributed by atoms with Crippen LogP contribution in [0.4, 0.5) is 5.69 Å². The summed E-state index contributed by atoms with van der Waals surface area (Å²) in [4.78, 5) is 14.2. The Kier molecular flexibility index (Phi) is 2.27. The Balaban J connectivity index is 2.69. The molecule has 2 rings (SSSR count). The van der Waals surface area contributed by atoms with Gasteiger partial charge in [-0.05, 0) is 6.07 Å². The number of nitro benzene ring substituents is 1. The van der Waals surface area contributed by atoms with Crippen LogP contribution in [-0.4, -0.2) is 26.7 Å². The number of benzene rings is 1. The summed E-state index contributed by atoms with van der Waals surface area (Å²) >= 11 is 5.83. The summed E-state index contributed by atoms with van der Waals surface area (Å²) in [5, 5.41) is 15.1. The van der Waals surface area contributed by atoms with Gasteiger partial charge in [-0.3, -0.25) is 14.8 Å². The van der Waals surface area contributed by atoms with Gasteiger partial charge in [0, 0.05) is 18.1 Å². The lowest BCUT2D eigenvalue weighted by Gasteiger charge is -2.06. The first kappa shape index (κ1) is 8.87. The van der Waals surface area contributed by atoms with Crippen molar-refractivity contribution >= 4 is 17.3 Å². The van der Waals surface area contributed by atoms with Crippen LogP contribution >= 0.6 is 11.6 Å². The summed E-state index contributed by atoms with van der Waals surface area (Å²) in [5.41, 5.74) is -0.535. The van der Waals surface area contributed by atoms with Gasteiger partial charge < -0.3 is 4.74 Å². The topological polar surface area (TPSA) is 83.1 Å². The molecule has 0 aliphatic heterocycles. The summed E-state index contributed by atoms with van der Waals surface area (Å²) in [6.45, 7) is 0. The van der Waals surface area contributed by atoms with E-state index in [0.29, 0.717) is 0 Å². The Bertz CT molecular complexity index is 701. The number of hydrogen-bond donors (Lipinski definition) is 0. The molecule has 1 aromatic carbocycles. The predicted molar refractivity (Wildman–Crippen MR) is 64.7 cm³/mol. The second-order valence-electron chi connectivity index (χ2n) is 3.40. The fraction of sp³-hybridized carbons (Fsp3) is 0.200.